The Balaban J connectivity index is 2.19. The van der Waals surface area contributed by atoms with E-state index in [1.807, 2.05) is 31.2 Å². The molecule has 1 N–H and O–H groups in total. The van der Waals surface area contributed by atoms with Gasteiger partial charge >= 0.3 is 0 Å². The maximum Gasteiger partial charge on any atom is 0.189 e. The summed E-state index contributed by atoms with van der Waals surface area (Å²) in [6, 6.07) is 7.75. The van der Waals surface area contributed by atoms with Crippen molar-refractivity contribution >= 4 is 22.3 Å². The number of anilines is 2. The molecule has 4 nitrogen and oxygen atoms in total. The van der Waals surface area contributed by atoms with Crippen LogP contribution in [0.5, 0.6) is 0 Å². The fraction of sp³-hybridized carbons (Fsp3) is 0.100. The Kier molecular flexibility index (Phi) is 2.61. The number of thiazole rings is 1. The molecule has 2 rings (SSSR count). The predicted molar refractivity (Wildman–Crippen MR) is 59.1 cm³/mol. The molecule has 0 aromatic carbocycles. The summed E-state index contributed by atoms with van der Waals surface area (Å²) >= 11 is 1.31. The molecule has 5 heteroatoms. The van der Waals surface area contributed by atoms with E-state index in [1.54, 1.807) is 6.20 Å². The molecule has 0 aliphatic rings. The first-order valence-electron chi connectivity index (χ1n) is 4.34. The molecule has 0 aliphatic heterocycles. The predicted octanol–water partition coefficient (Wildman–Crippen LogP) is 2.46. The molecular formula is C10H8N4S. The lowest BCUT2D eigenvalue weighted by atomic mass is 10.4. The average molecular weight is 216 g/mol. The molecule has 0 radical (unpaired) electrons. The van der Waals surface area contributed by atoms with E-state index < -0.39 is 0 Å². The van der Waals surface area contributed by atoms with Crippen LogP contribution < -0.4 is 5.32 Å². The van der Waals surface area contributed by atoms with Crippen molar-refractivity contribution in [3.05, 3.63) is 35.0 Å². The second-order valence-electron chi connectivity index (χ2n) is 2.93. The van der Waals surface area contributed by atoms with Gasteiger partial charge in [-0.3, -0.25) is 0 Å². The summed E-state index contributed by atoms with van der Waals surface area (Å²) in [6.45, 7) is 1.92. The fourth-order valence-corrected chi connectivity index (χ4v) is 1.73. The molecule has 0 amide bonds. The largest absolute Gasteiger partial charge is 0.316 e. The first kappa shape index (κ1) is 9.62. The fourth-order valence-electron chi connectivity index (χ4n) is 1.11. The number of hydrogen-bond donors (Lipinski definition) is 1. The van der Waals surface area contributed by atoms with Crippen LogP contribution in [0.1, 0.15) is 10.6 Å². The second-order valence-corrected chi connectivity index (χ2v) is 3.96. The second kappa shape index (κ2) is 4.07. The molecule has 2 aromatic heterocycles. The molecule has 0 spiro atoms. The number of rotatable bonds is 2. The van der Waals surface area contributed by atoms with Crippen molar-refractivity contribution in [2.45, 2.75) is 6.92 Å². The molecule has 0 unspecified atom stereocenters. The van der Waals surface area contributed by atoms with Gasteiger partial charge in [-0.25, -0.2) is 9.97 Å². The molecule has 0 aliphatic carbocycles. The average Bonchev–Trinajstić information content (AvgIpc) is 2.65. The summed E-state index contributed by atoms with van der Waals surface area (Å²) in [5, 5.41) is 12.4. The number of hydrogen-bond acceptors (Lipinski definition) is 5. The molecule has 2 aromatic rings. The summed E-state index contributed by atoms with van der Waals surface area (Å²) in [5.74, 6) is 0.744. The number of nitrogens with zero attached hydrogens (tertiary/aromatic N) is 3. The Bertz CT molecular complexity index is 512. The third-order valence-electron chi connectivity index (χ3n) is 1.74. The standard InChI is InChI=1S/C10H8N4S/c1-7-3-2-4-9(13-7)14-10-12-6-8(5-11)15-10/h2-4,6H,1H3,(H,12,13,14). The van der Waals surface area contributed by atoms with Crippen molar-refractivity contribution in [3.63, 3.8) is 0 Å². The summed E-state index contributed by atoms with van der Waals surface area (Å²) in [7, 11) is 0. The van der Waals surface area contributed by atoms with Gasteiger partial charge in [0, 0.05) is 5.69 Å². The molecule has 15 heavy (non-hydrogen) atoms. The topological polar surface area (TPSA) is 61.6 Å². The van der Waals surface area contributed by atoms with E-state index in [9.17, 15) is 0 Å². The highest BCUT2D eigenvalue weighted by Crippen LogP contribution is 2.20. The van der Waals surface area contributed by atoms with Crippen LogP contribution in [0.3, 0.4) is 0 Å². The van der Waals surface area contributed by atoms with Gasteiger partial charge in [-0.15, -0.1) is 0 Å². The van der Waals surface area contributed by atoms with Crippen molar-refractivity contribution < 1.29 is 0 Å². The Labute approximate surface area is 91.2 Å². The lowest BCUT2D eigenvalue weighted by Gasteiger charge is -2.01. The maximum atomic E-state index is 8.64. The van der Waals surface area contributed by atoms with E-state index >= 15 is 0 Å². The molecule has 0 atom stereocenters. The van der Waals surface area contributed by atoms with Crippen LogP contribution >= 0.6 is 11.3 Å². The Morgan fingerprint density at radius 1 is 1.47 bits per heavy atom. The molecule has 74 valence electrons. The van der Waals surface area contributed by atoms with E-state index in [1.165, 1.54) is 11.3 Å². The number of pyridine rings is 1. The van der Waals surface area contributed by atoms with Crippen molar-refractivity contribution in [2.75, 3.05) is 5.32 Å². The zero-order valence-electron chi connectivity index (χ0n) is 8.06. The minimum atomic E-state index is 0.588. The Morgan fingerprint density at radius 3 is 3.00 bits per heavy atom. The quantitative estimate of drug-likeness (QED) is 0.837. The molecular weight excluding hydrogens is 208 g/mol. The first-order valence-corrected chi connectivity index (χ1v) is 5.16. The van der Waals surface area contributed by atoms with E-state index in [4.69, 9.17) is 5.26 Å². The lowest BCUT2D eigenvalue weighted by molar-refractivity contribution is 1.19. The minimum Gasteiger partial charge on any atom is -0.316 e. The van der Waals surface area contributed by atoms with Crippen LogP contribution in [-0.2, 0) is 0 Å². The zero-order valence-corrected chi connectivity index (χ0v) is 8.88. The molecule has 0 fully saturated rings. The maximum absolute atomic E-state index is 8.64. The molecule has 0 saturated heterocycles. The Hall–Kier alpha value is -1.93. The molecule has 0 saturated carbocycles. The van der Waals surface area contributed by atoms with Crippen molar-refractivity contribution in [1.82, 2.24) is 9.97 Å². The molecule has 0 bridgehead atoms. The number of nitriles is 1. The minimum absolute atomic E-state index is 0.588. The van der Waals surface area contributed by atoms with Crippen molar-refractivity contribution in [2.24, 2.45) is 0 Å². The lowest BCUT2D eigenvalue weighted by Crippen LogP contribution is -1.93. The monoisotopic (exact) mass is 216 g/mol. The number of aryl methyl sites for hydroxylation is 1. The summed E-state index contributed by atoms with van der Waals surface area (Å²) in [5.41, 5.74) is 0.942. The van der Waals surface area contributed by atoms with Gasteiger partial charge in [0.05, 0.1) is 6.20 Å². The van der Waals surface area contributed by atoms with Crippen LogP contribution in [0.15, 0.2) is 24.4 Å². The van der Waals surface area contributed by atoms with Gasteiger partial charge in [-0.1, -0.05) is 17.4 Å². The highest BCUT2D eigenvalue weighted by atomic mass is 32.1. The van der Waals surface area contributed by atoms with E-state index in [-0.39, 0.29) is 0 Å². The summed E-state index contributed by atoms with van der Waals surface area (Å²) in [4.78, 5) is 8.92. The van der Waals surface area contributed by atoms with Crippen LogP contribution in [0.25, 0.3) is 0 Å². The van der Waals surface area contributed by atoms with Crippen molar-refractivity contribution in [1.29, 1.82) is 5.26 Å². The van der Waals surface area contributed by atoms with Crippen LogP contribution in [0.4, 0.5) is 10.9 Å². The number of aromatic nitrogens is 2. The van der Waals surface area contributed by atoms with Gasteiger partial charge in [0.1, 0.15) is 16.8 Å². The Morgan fingerprint density at radius 2 is 2.33 bits per heavy atom. The summed E-state index contributed by atoms with van der Waals surface area (Å²) in [6.07, 6.45) is 1.54. The van der Waals surface area contributed by atoms with Gasteiger partial charge in [-0.05, 0) is 19.1 Å². The first-order chi connectivity index (χ1) is 7.28. The third kappa shape index (κ3) is 2.30. The normalized spacial score (nSPS) is 9.60. The number of nitrogens with one attached hydrogen (secondary N) is 1. The zero-order chi connectivity index (χ0) is 10.7. The van der Waals surface area contributed by atoms with Gasteiger partial charge in [-0.2, -0.15) is 5.26 Å². The van der Waals surface area contributed by atoms with Crippen molar-refractivity contribution in [3.8, 4) is 6.07 Å². The smallest absolute Gasteiger partial charge is 0.189 e. The highest BCUT2D eigenvalue weighted by Gasteiger charge is 2.01. The van der Waals surface area contributed by atoms with E-state index in [0.29, 0.717) is 10.0 Å². The highest BCUT2D eigenvalue weighted by molar-refractivity contribution is 7.16. The van der Waals surface area contributed by atoms with E-state index in [0.717, 1.165) is 11.5 Å². The summed E-state index contributed by atoms with van der Waals surface area (Å²) < 4.78 is 0. The molecule has 2 heterocycles. The van der Waals surface area contributed by atoms with Gasteiger partial charge in [0.2, 0.25) is 0 Å². The third-order valence-corrected chi connectivity index (χ3v) is 2.56. The van der Waals surface area contributed by atoms with Gasteiger partial charge in [0.15, 0.2) is 5.13 Å². The van der Waals surface area contributed by atoms with Crippen LogP contribution in [0, 0.1) is 18.3 Å². The van der Waals surface area contributed by atoms with Gasteiger partial charge in [0.25, 0.3) is 0 Å². The van der Waals surface area contributed by atoms with E-state index in [2.05, 4.69) is 15.3 Å². The van der Waals surface area contributed by atoms with Crippen LogP contribution in [-0.4, -0.2) is 9.97 Å². The van der Waals surface area contributed by atoms with Gasteiger partial charge < -0.3 is 5.32 Å². The van der Waals surface area contributed by atoms with Crippen LogP contribution in [0.2, 0.25) is 0 Å². The SMILES string of the molecule is Cc1cccc(Nc2ncc(C#N)s2)n1.